The normalized spacial score (nSPS) is 0. The molecule has 0 aromatic rings. The average Bonchev–Trinajstić information content (AvgIpc) is 0. The minimum Gasteiger partial charge on any atom is -1.00 e. The van der Waals surface area contributed by atoms with Crippen LogP contribution in [0.4, 0.5) is 18.8 Å². The van der Waals surface area contributed by atoms with Gasteiger partial charge in [0, 0.05) is 0 Å². The largest absolute Gasteiger partial charge is 2.00 e. The third-order valence-electron chi connectivity index (χ3n) is 0. The van der Waals surface area contributed by atoms with Crippen LogP contribution < -0.4 is 9.41 Å². The quantitative estimate of drug-likeness (QED) is 0.253. The van der Waals surface area contributed by atoms with Crippen LogP contribution in [0.2, 0.25) is 0 Å². The molecule has 0 saturated heterocycles. The van der Waals surface area contributed by atoms with Crippen LogP contribution in [0, 0.1) is 0 Å². The van der Waals surface area contributed by atoms with Crippen molar-refractivity contribution in [2.75, 3.05) is 0 Å². The molecule has 0 aliphatic carbocycles. The van der Waals surface area contributed by atoms with Gasteiger partial charge in [-0.3, -0.25) is 18.8 Å². The zero-order valence-corrected chi connectivity index (χ0v) is 4.51. The summed E-state index contributed by atoms with van der Waals surface area (Å²) in [6.45, 7) is 0. The molecule has 0 saturated carbocycles. The molecule has 56 valence electrons. The van der Waals surface area contributed by atoms with Crippen molar-refractivity contribution in [2.24, 2.45) is 0 Å². The molecular weight excluding hydrogens is 166 g/mol. The van der Waals surface area contributed by atoms with Crippen molar-refractivity contribution in [1.29, 1.82) is 0 Å². The Morgan fingerprint density at radius 3 is 0.500 bits per heavy atom. The van der Waals surface area contributed by atoms with Crippen LogP contribution in [-0.2, 0) is 0 Å². The Kier molecular flexibility index (Phi) is 198000. The van der Waals surface area contributed by atoms with Gasteiger partial charge in [-0.2, -0.15) is 0 Å². The maximum absolute atomic E-state index is 0. The number of hydrogen-bond acceptors (Lipinski definition) is 0. The first-order valence-corrected chi connectivity index (χ1v) is 0. The summed E-state index contributed by atoms with van der Waals surface area (Å²) >= 11 is 0. The average molecular weight is 174 g/mol. The smallest absolute Gasteiger partial charge is 1.00 e. The number of rotatable bonds is 0. The van der Waals surface area contributed by atoms with Crippen molar-refractivity contribution >= 4 is 34.0 Å². The molecule has 0 aromatic carbocycles. The summed E-state index contributed by atoms with van der Waals surface area (Å²) in [5.74, 6) is 0. The van der Waals surface area contributed by atoms with Crippen molar-refractivity contribution in [3.63, 3.8) is 0 Å². The van der Waals surface area contributed by atoms with Gasteiger partial charge in [-0.05, 0) is 11.0 Å². The molecule has 0 spiro atoms. The Morgan fingerprint density at radius 2 is 0.500 bits per heavy atom. The van der Waals surface area contributed by atoms with E-state index in [1.165, 1.54) is 0 Å². The third kappa shape index (κ3) is 641. The molecule has 8 heteroatoms. The summed E-state index contributed by atoms with van der Waals surface area (Å²) in [5, 5.41) is 0. The van der Waals surface area contributed by atoms with E-state index in [1.54, 1.807) is 0 Å². The van der Waals surface area contributed by atoms with Gasteiger partial charge in [-0.15, -0.1) is 0 Å². The molecule has 0 rings (SSSR count). The van der Waals surface area contributed by atoms with Crippen molar-refractivity contribution in [3.05, 3.63) is 0 Å². The standard InChI is InChI=1S/6FH.Mg.H4Si/h6*1H;;1H4/q;;;;;;+2;/p-2. The minimum absolute atomic E-state index is 0. The van der Waals surface area contributed by atoms with E-state index < -0.39 is 0 Å². The van der Waals surface area contributed by atoms with Gasteiger partial charge in [-0.25, -0.2) is 0 Å². The van der Waals surface area contributed by atoms with Gasteiger partial charge in [-0.1, -0.05) is 0 Å². The molecule has 0 radical (unpaired) electrons. The SMILES string of the molecule is F.F.F.F.[F-].[F-].[Mg+2].[SiH4]. The van der Waals surface area contributed by atoms with Crippen molar-refractivity contribution in [2.45, 2.75) is 0 Å². The van der Waals surface area contributed by atoms with Crippen molar-refractivity contribution in [1.82, 2.24) is 0 Å². The van der Waals surface area contributed by atoms with Gasteiger partial charge in [0.1, 0.15) is 0 Å². The summed E-state index contributed by atoms with van der Waals surface area (Å²) in [6.07, 6.45) is 0. The van der Waals surface area contributed by atoms with Gasteiger partial charge in [0.2, 0.25) is 0 Å². The van der Waals surface area contributed by atoms with Crippen LogP contribution in [0.1, 0.15) is 0 Å². The predicted molar refractivity (Wildman–Crippen MR) is 27.1 cm³/mol. The van der Waals surface area contributed by atoms with E-state index in [4.69, 9.17) is 0 Å². The van der Waals surface area contributed by atoms with E-state index in [0.29, 0.717) is 0 Å². The predicted octanol–water partition coefficient (Wildman–Crippen LogP) is -7.21. The summed E-state index contributed by atoms with van der Waals surface area (Å²) in [5.41, 5.74) is 0. The second-order valence-electron chi connectivity index (χ2n) is 0. The number of halogens is 6. The zero-order valence-electron chi connectivity index (χ0n) is 3.10. The molecule has 0 unspecified atom stereocenters. The van der Waals surface area contributed by atoms with E-state index in [9.17, 15) is 0 Å². The molecule has 0 aromatic heterocycles. The first-order chi connectivity index (χ1) is 0. The second-order valence-corrected chi connectivity index (χ2v) is 0. The van der Waals surface area contributed by atoms with Crippen LogP contribution >= 0.6 is 0 Å². The third-order valence-corrected chi connectivity index (χ3v) is 0. The fourth-order valence-corrected chi connectivity index (χ4v) is 0. The van der Waals surface area contributed by atoms with Crippen molar-refractivity contribution < 1.29 is 28.2 Å². The van der Waals surface area contributed by atoms with E-state index in [-0.39, 0.29) is 62.2 Å². The number of hydrogen-bond donors (Lipinski definition) is 0. The fraction of sp³-hybridized carbons (Fsp3) is 0. The van der Waals surface area contributed by atoms with Gasteiger partial charge in [0.25, 0.3) is 0 Å². The van der Waals surface area contributed by atoms with E-state index in [1.807, 2.05) is 0 Å². The molecule has 0 atom stereocenters. The molecule has 0 heterocycles. The molecule has 0 nitrogen and oxygen atoms in total. The molecule has 0 N–H and O–H groups in total. The molecule has 0 aliphatic rings. The van der Waals surface area contributed by atoms with E-state index >= 15 is 0 Å². The molecular formula is H8F6MgSi. The van der Waals surface area contributed by atoms with Gasteiger partial charge in [0.15, 0.2) is 0 Å². The topological polar surface area (TPSA) is 0 Å². The second kappa shape index (κ2) is 1030. The molecule has 0 fully saturated rings. The first-order valence-electron chi connectivity index (χ1n) is 0. The zero-order chi connectivity index (χ0) is 0. The maximum Gasteiger partial charge on any atom is 2.00 e. The summed E-state index contributed by atoms with van der Waals surface area (Å²) in [6, 6.07) is 0. The summed E-state index contributed by atoms with van der Waals surface area (Å²) < 4.78 is 0. The Bertz CT molecular complexity index is 8.49. The van der Waals surface area contributed by atoms with Crippen LogP contribution in [0.3, 0.4) is 0 Å². The van der Waals surface area contributed by atoms with Crippen LogP contribution in [0.5, 0.6) is 0 Å². The van der Waals surface area contributed by atoms with Crippen LogP contribution in [0.15, 0.2) is 0 Å². The fourth-order valence-electron chi connectivity index (χ4n) is 0. The van der Waals surface area contributed by atoms with Gasteiger partial charge < -0.3 is 9.41 Å². The van der Waals surface area contributed by atoms with E-state index in [0.717, 1.165) is 0 Å². The van der Waals surface area contributed by atoms with Crippen LogP contribution in [0.25, 0.3) is 0 Å². The monoisotopic (exact) mass is 174 g/mol. The first kappa shape index (κ1) is 1540. The summed E-state index contributed by atoms with van der Waals surface area (Å²) in [4.78, 5) is 0. The Balaban J connectivity index is 0. The summed E-state index contributed by atoms with van der Waals surface area (Å²) in [7, 11) is 0. The van der Waals surface area contributed by atoms with Crippen molar-refractivity contribution in [3.8, 4) is 0 Å². The van der Waals surface area contributed by atoms with E-state index in [2.05, 4.69) is 0 Å². The van der Waals surface area contributed by atoms with Crippen LogP contribution in [-0.4, -0.2) is 34.0 Å². The molecule has 8 heavy (non-hydrogen) atoms. The minimum atomic E-state index is 0. The van der Waals surface area contributed by atoms with Gasteiger partial charge in [0.05, 0.1) is 0 Å². The maximum atomic E-state index is 0. The Labute approximate surface area is 62.8 Å². The molecule has 0 aliphatic heterocycles. The Hall–Kier alpha value is 0.563. The molecule has 0 amide bonds. The Morgan fingerprint density at radius 1 is 0.500 bits per heavy atom. The van der Waals surface area contributed by atoms with Gasteiger partial charge >= 0.3 is 23.1 Å². The molecule has 0 bridgehead atoms.